The molecule has 16 heavy (non-hydrogen) atoms. The van der Waals surface area contributed by atoms with Gasteiger partial charge in [-0.25, -0.2) is 0 Å². The summed E-state index contributed by atoms with van der Waals surface area (Å²) in [4.78, 5) is 0. The Hall–Kier alpha value is -0.470. The van der Waals surface area contributed by atoms with E-state index in [1.807, 2.05) is 0 Å². The summed E-state index contributed by atoms with van der Waals surface area (Å²) in [7, 11) is 0. The minimum Gasteiger partial charge on any atom is -0.312 e. The summed E-state index contributed by atoms with van der Waals surface area (Å²) in [6, 6.07) is 6.58. The van der Waals surface area contributed by atoms with Gasteiger partial charge in [-0.05, 0) is 49.1 Å². The van der Waals surface area contributed by atoms with E-state index in [-0.39, 0.29) is 0 Å². The van der Waals surface area contributed by atoms with E-state index in [2.05, 4.69) is 49.1 Å². The third-order valence-corrected chi connectivity index (χ3v) is 4.83. The van der Waals surface area contributed by atoms with Gasteiger partial charge in [0, 0.05) is 18.3 Å². The third kappa shape index (κ3) is 3.02. The van der Waals surface area contributed by atoms with Gasteiger partial charge in [0.1, 0.15) is 0 Å². The molecule has 1 saturated heterocycles. The lowest BCUT2D eigenvalue weighted by molar-refractivity contribution is 0.644. The largest absolute Gasteiger partial charge is 0.312 e. The Bertz CT molecular complexity index is 343. The third-order valence-electron chi connectivity index (χ3n) is 3.43. The molecule has 0 amide bonds. The first kappa shape index (κ1) is 12.0. The van der Waals surface area contributed by atoms with Crippen LogP contribution in [0.3, 0.4) is 0 Å². The topological polar surface area (TPSA) is 12.0 Å². The average Bonchev–Trinajstić information content (AvgIpc) is 2.77. The van der Waals surface area contributed by atoms with Gasteiger partial charge in [0.15, 0.2) is 0 Å². The van der Waals surface area contributed by atoms with Crippen molar-refractivity contribution in [3.8, 4) is 0 Å². The minimum absolute atomic E-state index is 0.852. The Morgan fingerprint density at radius 2 is 2.25 bits per heavy atom. The molecule has 1 aliphatic rings. The van der Waals surface area contributed by atoms with E-state index < -0.39 is 0 Å². The summed E-state index contributed by atoms with van der Waals surface area (Å²) < 4.78 is 0. The molecule has 1 heterocycles. The van der Waals surface area contributed by atoms with Crippen LogP contribution in [0.25, 0.3) is 0 Å². The maximum absolute atomic E-state index is 3.59. The predicted molar refractivity (Wildman–Crippen MR) is 73.1 cm³/mol. The van der Waals surface area contributed by atoms with E-state index in [9.17, 15) is 0 Å². The van der Waals surface area contributed by atoms with Crippen LogP contribution in [0.5, 0.6) is 0 Å². The molecule has 1 atom stereocenters. The van der Waals surface area contributed by atoms with E-state index in [0.29, 0.717) is 0 Å². The highest BCUT2D eigenvalue weighted by atomic mass is 32.2. The van der Waals surface area contributed by atoms with Crippen molar-refractivity contribution in [2.45, 2.75) is 38.5 Å². The SMILES string of the molecule is Cc1cccc(CNCC2CCCS2)c1C. The zero-order valence-electron chi connectivity index (χ0n) is 10.3. The van der Waals surface area contributed by atoms with E-state index in [1.165, 1.54) is 35.3 Å². The molecule has 88 valence electrons. The van der Waals surface area contributed by atoms with Crippen molar-refractivity contribution >= 4 is 11.8 Å². The number of rotatable bonds is 4. The van der Waals surface area contributed by atoms with Gasteiger partial charge < -0.3 is 5.32 Å². The highest BCUT2D eigenvalue weighted by Gasteiger charge is 2.14. The van der Waals surface area contributed by atoms with Gasteiger partial charge in [0.25, 0.3) is 0 Å². The van der Waals surface area contributed by atoms with Crippen LogP contribution in [-0.4, -0.2) is 17.5 Å². The summed E-state index contributed by atoms with van der Waals surface area (Å²) in [5.41, 5.74) is 4.28. The Morgan fingerprint density at radius 1 is 1.38 bits per heavy atom. The van der Waals surface area contributed by atoms with Crippen LogP contribution in [0.15, 0.2) is 18.2 Å². The van der Waals surface area contributed by atoms with Crippen LogP contribution in [0.4, 0.5) is 0 Å². The van der Waals surface area contributed by atoms with Gasteiger partial charge in [-0.15, -0.1) is 0 Å². The van der Waals surface area contributed by atoms with Crippen molar-refractivity contribution in [3.63, 3.8) is 0 Å². The standard InChI is InChI=1S/C14H21NS/c1-11-5-3-6-13(12(11)2)9-15-10-14-7-4-8-16-14/h3,5-6,14-15H,4,7-10H2,1-2H3. The highest BCUT2D eigenvalue weighted by molar-refractivity contribution is 8.00. The van der Waals surface area contributed by atoms with Crippen molar-refractivity contribution in [2.24, 2.45) is 0 Å². The number of nitrogens with one attached hydrogen (secondary N) is 1. The van der Waals surface area contributed by atoms with Gasteiger partial charge in [-0.2, -0.15) is 11.8 Å². The average molecular weight is 235 g/mol. The molecule has 0 aliphatic carbocycles. The fourth-order valence-electron chi connectivity index (χ4n) is 2.18. The molecule has 0 saturated carbocycles. The number of hydrogen-bond acceptors (Lipinski definition) is 2. The van der Waals surface area contributed by atoms with E-state index in [4.69, 9.17) is 0 Å². The molecule has 2 heteroatoms. The fraction of sp³-hybridized carbons (Fsp3) is 0.571. The Labute approximate surface area is 103 Å². The second kappa shape index (κ2) is 5.74. The van der Waals surface area contributed by atoms with Crippen molar-refractivity contribution < 1.29 is 0 Å². The predicted octanol–water partition coefficient (Wildman–Crippen LogP) is 3.29. The molecule has 0 bridgehead atoms. The number of hydrogen-bond donors (Lipinski definition) is 1. The molecular formula is C14H21NS. The van der Waals surface area contributed by atoms with Gasteiger partial charge in [-0.3, -0.25) is 0 Å². The van der Waals surface area contributed by atoms with Crippen LogP contribution in [0.2, 0.25) is 0 Å². The molecule has 0 aromatic heterocycles. The normalized spacial score (nSPS) is 20.2. The van der Waals surface area contributed by atoms with Crippen molar-refractivity contribution in [1.29, 1.82) is 0 Å². The first-order valence-corrected chi connectivity index (χ1v) is 7.19. The van der Waals surface area contributed by atoms with Crippen molar-refractivity contribution in [1.82, 2.24) is 5.32 Å². The van der Waals surface area contributed by atoms with Crippen LogP contribution < -0.4 is 5.32 Å². The van der Waals surface area contributed by atoms with Gasteiger partial charge >= 0.3 is 0 Å². The lowest BCUT2D eigenvalue weighted by Gasteiger charge is -2.12. The number of aryl methyl sites for hydroxylation is 1. The maximum atomic E-state index is 3.59. The van der Waals surface area contributed by atoms with Crippen LogP contribution in [0.1, 0.15) is 29.5 Å². The lowest BCUT2D eigenvalue weighted by atomic mass is 10.0. The summed E-state index contributed by atoms with van der Waals surface area (Å²) in [5.74, 6) is 1.36. The first-order chi connectivity index (χ1) is 7.77. The van der Waals surface area contributed by atoms with Gasteiger partial charge in [0.2, 0.25) is 0 Å². The molecule has 0 radical (unpaired) electrons. The molecule has 2 rings (SSSR count). The molecule has 0 spiro atoms. The molecule has 1 unspecified atom stereocenters. The number of thioether (sulfide) groups is 1. The maximum Gasteiger partial charge on any atom is 0.0208 e. The summed E-state index contributed by atoms with van der Waals surface area (Å²) in [5, 5.41) is 4.44. The molecule has 1 aromatic rings. The monoisotopic (exact) mass is 235 g/mol. The fourth-order valence-corrected chi connectivity index (χ4v) is 3.41. The van der Waals surface area contributed by atoms with Crippen molar-refractivity contribution in [2.75, 3.05) is 12.3 Å². The smallest absolute Gasteiger partial charge is 0.0208 e. The second-order valence-corrected chi connectivity index (χ2v) is 6.03. The quantitative estimate of drug-likeness (QED) is 0.859. The van der Waals surface area contributed by atoms with Crippen molar-refractivity contribution in [3.05, 3.63) is 34.9 Å². The van der Waals surface area contributed by atoms with Gasteiger partial charge in [0.05, 0.1) is 0 Å². The summed E-state index contributed by atoms with van der Waals surface area (Å²) in [6.07, 6.45) is 2.80. The van der Waals surface area contributed by atoms with Crippen LogP contribution in [-0.2, 0) is 6.54 Å². The molecule has 1 aliphatic heterocycles. The minimum atomic E-state index is 0.852. The summed E-state index contributed by atoms with van der Waals surface area (Å²) in [6.45, 7) is 6.59. The molecule has 1 fully saturated rings. The highest BCUT2D eigenvalue weighted by Crippen LogP contribution is 2.25. The second-order valence-electron chi connectivity index (χ2n) is 4.62. The Morgan fingerprint density at radius 3 is 3.00 bits per heavy atom. The van der Waals surface area contributed by atoms with Crippen LogP contribution in [0, 0.1) is 13.8 Å². The summed E-state index contributed by atoms with van der Waals surface area (Å²) >= 11 is 2.12. The van der Waals surface area contributed by atoms with E-state index in [0.717, 1.165) is 18.3 Å². The van der Waals surface area contributed by atoms with E-state index >= 15 is 0 Å². The Balaban J connectivity index is 1.82. The first-order valence-electron chi connectivity index (χ1n) is 6.15. The molecular weight excluding hydrogens is 214 g/mol. The van der Waals surface area contributed by atoms with Gasteiger partial charge in [-0.1, -0.05) is 18.2 Å². The number of benzene rings is 1. The molecule has 1 nitrogen and oxygen atoms in total. The van der Waals surface area contributed by atoms with Crippen LogP contribution >= 0.6 is 11.8 Å². The molecule has 1 aromatic carbocycles. The Kier molecular flexibility index (Phi) is 4.30. The lowest BCUT2D eigenvalue weighted by Crippen LogP contribution is -2.23. The van der Waals surface area contributed by atoms with E-state index in [1.54, 1.807) is 0 Å². The molecule has 1 N–H and O–H groups in total. The zero-order valence-corrected chi connectivity index (χ0v) is 11.1. The zero-order chi connectivity index (χ0) is 11.4.